The fourth-order valence-corrected chi connectivity index (χ4v) is 1.23. The van der Waals surface area contributed by atoms with Gasteiger partial charge in [0.25, 0.3) is 0 Å². The van der Waals surface area contributed by atoms with Crippen LogP contribution in [0.3, 0.4) is 0 Å². The first-order valence-electron chi connectivity index (χ1n) is 4.58. The molecule has 0 bridgehead atoms. The van der Waals surface area contributed by atoms with Crippen LogP contribution in [0.2, 0.25) is 0 Å². The first kappa shape index (κ1) is 8.57. The van der Waals surface area contributed by atoms with Crippen LogP contribution in [0.4, 0.5) is 0 Å². The summed E-state index contributed by atoms with van der Waals surface area (Å²) in [5, 5.41) is 0. The van der Waals surface area contributed by atoms with E-state index in [2.05, 4.69) is 19.9 Å². The molecule has 0 radical (unpaired) electrons. The van der Waals surface area contributed by atoms with E-state index in [9.17, 15) is 0 Å². The van der Waals surface area contributed by atoms with Crippen LogP contribution in [0, 0.1) is 13.8 Å². The standard InChI is InChI=1S/C11H14O2/c1-8-4-3-5-11(9(8)2)13-7-10-6-12-10/h3-5,10H,6-7H2,1-2H3/t10-/m0/s1. The molecule has 1 fully saturated rings. The van der Waals surface area contributed by atoms with E-state index in [4.69, 9.17) is 9.47 Å². The second kappa shape index (κ2) is 3.38. The summed E-state index contributed by atoms with van der Waals surface area (Å²) in [7, 11) is 0. The van der Waals surface area contributed by atoms with Gasteiger partial charge < -0.3 is 9.47 Å². The van der Waals surface area contributed by atoms with Crippen LogP contribution in [-0.4, -0.2) is 19.3 Å². The lowest BCUT2D eigenvalue weighted by Crippen LogP contribution is -2.05. The zero-order chi connectivity index (χ0) is 9.26. The molecule has 2 nitrogen and oxygen atoms in total. The summed E-state index contributed by atoms with van der Waals surface area (Å²) in [6, 6.07) is 6.12. The van der Waals surface area contributed by atoms with E-state index in [1.54, 1.807) is 0 Å². The second-order valence-corrected chi connectivity index (χ2v) is 3.46. The highest BCUT2D eigenvalue weighted by Crippen LogP contribution is 2.21. The highest BCUT2D eigenvalue weighted by molar-refractivity contribution is 5.38. The van der Waals surface area contributed by atoms with Crippen molar-refractivity contribution < 1.29 is 9.47 Å². The van der Waals surface area contributed by atoms with Gasteiger partial charge in [0, 0.05) is 0 Å². The van der Waals surface area contributed by atoms with Crippen molar-refractivity contribution in [2.45, 2.75) is 20.0 Å². The Hall–Kier alpha value is -1.02. The van der Waals surface area contributed by atoms with Gasteiger partial charge in [-0.25, -0.2) is 0 Å². The lowest BCUT2D eigenvalue weighted by atomic mass is 10.1. The molecule has 1 saturated heterocycles. The number of ether oxygens (including phenoxy) is 2. The number of benzene rings is 1. The van der Waals surface area contributed by atoms with Gasteiger partial charge in [0.05, 0.1) is 6.61 Å². The maximum atomic E-state index is 5.62. The molecule has 2 heteroatoms. The molecule has 2 rings (SSSR count). The van der Waals surface area contributed by atoms with Crippen LogP contribution in [0.1, 0.15) is 11.1 Å². The van der Waals surface area contributed by atoms with Crippen molar-refractivity contribution in [1.29, 1.82) is 0 Å². The average molecular weight is 178 g/mol. The van der Waals surface area contributed by atoms with Crippen molar-refractivity contribution >= 4 is 0 Å². The third-order valence-corrected chi connectivity index (χ3v) is 2.38. The van der Waals surface area contributed by atoms with Gasteiger partial charge in [0.15, 0.2) is 0 Å². The normalized spacial score (nSPS) is 20.0. The number of epoxide rings is 1. The highest BCUT2D eigenvalue weighted by Gasteiger charge is 2.23. The van der Waals surface area contributed by atoms with E-state index in [0.29, 0.717) is 12.7 Å². The first-order chi connectivity index (χ1) is 6.27. The van der Waals surface area contributed by atoms with Crippen LogP contribution in [0.25, 0.3) is 0 Å². The van der Waals surface area contributed by atoms with Gasteiger partial charge in [-0.1, -0.05) is 12.1 Å². The maximum Gasteiger partial charge on any atom is 0.122 e. The molecule has 0 aliphatic carbocycles. The van der Waals surface area contributed by atoms with Crippen molar-refractivity contribution in [3.8, 4) is 5.75 Å². The Kier molecular flexibility index (Phi) is 2.23. The van der Waals surface area contributed by atoms with Crippen molar-refractivity contribution in [3.63, 3.8) is 0 Å². The molecule has 0 N–H and O–H groups in total. The van der Waals surface area contributed by atoms with E-state index in [1.807, 2.05) is 12.1 Å². The lowest BCUT2D eigenvalue weighted by molar-refractivity contribution is 0.261. The Bertz CT molecular complexity index is 303. The number of rotatable bonds is 3. The Labute approximate surface area is 78.5 Å². The van der Waals surface area contributed by atoms with E-state index in [-0.39, 0.29) is 0 Å². The smallest absolute Gasteiger partial charge is 0.122 e. The minimum absolute atomic E-state index is 0.333. The third-order valence-electron chi connectivity index (χ3n) is 2.38. The van der Waals surface area contributed by atoms with Gasteiger partial charge in [-0.15, -0.1) is 0 Å². The van der Waals surface area contributed by atoms with Crippen LogP contribution in [0.15, 0.2) is 18.2 Å². The number of hydrogen-bond donors (Lipinski definition) is 0. The highest BCUT2D eigenvalue weighted by atomic mass is 16.6. The molecule has 0 spiro atoms. The van der Waals surface area contributed by atoms with Crippen LogP contribution >= 0.6 is 0 Å². The Morgan fingerprint density at radius 1 is 1.46 bits per heavy atom. The predicted molar refractivity (Wildman–Crippen MR) is 51.2 cm³/mol. The maximum absolute atomic E-state index is 5.62. The molecule has 0 amide bonds. The molecular formula is C11H14O2. The van der Waals surface area contributed by atoms with Crippen molar-refractivity contribution in [2.24, 2.45) is 0 Å². The first-order valence-corrected chi connectivity index (χ1v) is 4.58. The lowest BCUT2D eigenvalue weighted by Gasteiger charge is -2.09. The Morgan fingerprint density at radius 3 is 2.92 bits per heavy atom. The van der Waals surface area contributed by atoms with Gasteiger partial charge in [0.2, 0.25) is 0 Å². The van der Waals surface area contributed by atoms with Gasteiger partial charge in [-0.2, -0.15) is 0 Å². The van der Waals surface area contributed by atoms with E-state index >= 15 is 0 Å². The zero-order valence-corrected chi connectivity index (χ0v) is 8.04. The summed E-state index contributed by atoms with van der Waals surface area (Å²) < 4.78 is 10.7. The fraction of sp³-hybridized carbons (Fsp3) is 0.455. The largest absolute Gasteiger partial charge is 0.491 e. The Balaban J connectivity index is 2.05. The van der Waals surface area contributed by atoms with Gasteiger partial charge >= 0.3 is 0 Å². The molecule has 1 aromatic carbocycles. The summed E-state index contributed by atoms with van der Waals surface area (Å²) in [5.74, 6) is 0.982. The third kappa shape index (κ3) is 2.01. The number of aryl methyl sites for hydroxylation is 1. The van der Waals surface area contributed by atoms with Gasteiger partial charge in [0.1, 0.15) is 18.5 Å². The molecule has 70 valence electrons. The topological polar surface area (TPSA) is 21.8 Å². The minimum Gasteiger partial charge on any atom is -0.491 e. The van der Waals surface area contributed by atoms with E-state index in [0.717, 1.165) is 12.4 Å². The molecule has 1 aliphatic heterocycles. The summed E-state index contributed by atoms with van der Waals surface area (Å²) >= 11 is 0. The van der Waals surface area contributed by atoms with Crippen molar-refractivity contribution in [3.05, 3.63) is 29.3 Å². The summed E-state index contributed by atoms with van der Waals surface area (Å²) in [6.45, 7) is 5.71. The van der Waals surface area contributed by atoms with Crippen LogP contribution < -0.4 is 4.74 Å². The molecule has 0 saturated carbocycles. The molecule has 0 unspecified atom stereocenters. The quantitative estimate of drug-likeness (QED) is 0.661. The SMILES string of the molecule is Cc1cccc(OC[C@@H]2CO2)c1C. The minimum atomic E-state index is 0.333. The molecule has 1 heterocycles. The summed E-state index contributed by atoms with van der Waals surface area (Å²) in [4.78, 5) is 0. The molecule has 0 aromatic heterocycles. The predicted octanol–water partition coefficient (Wildman–Crippen LogP) is 2.08. The zero-order valence-electron chi connectivity index (χ0n) is 8.04. The van der Waals surface area contributed by atoms with Crippen LogP contribution in [0.5, 0.6) is 5.75 Å². The van der Waals surface area contributed by atoms with Crippen molar-refractivity contribution in [2.75, 3.05) is 13.2 Å². The average Bonchev–Trinajstić information content (AvgIpc) is 2.91. The van der Waals surface area contributed by atoms with Gasteiger partial charge in [-0.05, 0) is 31.0 Å². The molecule has 1 aromatic rings. The molecule has 1 atom stereocenters. The van der Waals surface area contributed by atoms with E-state index < -0.39 is 0 Å². The molecule has 1 aliphatic rings. The molecular weight excluding hydrogens is 164 g/mol. The second-order valence-electron chi connectivity index (χ2n) is 3.46. The van der Waals surface area contributed by atoms with Crippen molar-refractivity contribution in [1.82, 2.24) is 0 Å². The monoisotopic (exact) mass is 178 g/mol. The number of hydrogen-bond acceptors (Lipinski definition) is 2. The van der Waals surface area contributed by atoms with Gasteiger partial charge in [-0.3, -0.25) is 0 Å². The van der Waals surface area contributed by atoms with E-state index in [1.165, 1.54) is 11.1 Å². The van der Waals surface area contributed by atoms with Crippen LogP contribution in [-0.2, 0) is 4.74 Å². The summed E-state index contributed by atoms with van der Waals surface area (Å²) in [6.07, 6.45) is 0.333. The summed E-state index contributed by atoms with van der Waals surface area (Å²) in [5.41, 5.74) is 2.50. The molecule has 13 heavy (non-hydrogen) atoms. The Morgan fingerprint density at radius 2 is 2.23 bits per heavy atom. The fourth-order valence-electron chi connectivity index (χ4n) is 1.23.